The van der Waals surface area contributed by atoms with Crippen LogP contribution in [0.1, 0.15) is 11.1 Å². The largest absolute Gasteiger partial charge is 0.496 e. The lowest BCUT2D eigenvalue weighted by molar-refractivity contribution is -0.131. The average molecular weight is 435 g/mol. The van der Waals surface area contributed by atoms with E-state index < -0.39 is 22.0 Å². The standard InChI is InChI=1S/C21H26N2O6S/c1-15-7-9-17(10-8-15)30(26,27)23-12-16(24)11-22(21(25)14-23)13-18-19(28-2)5-4-6-20(18)29-3/h4-10,16,24H,11-14H2,1-3H3. The van der Waals surface area contributed by atoms with E-state index in [0.717, 1.165) is 9.87 Å². The number of sulfonamides is 1. The van der Waals surface area contributed by atoms with Crippen LogP contribution in [0.4, 0.5) is 0 Å². The Hall–Kier alpha value is -2.62. The minimum Gasteiger partial charge on any atom is -0.496 e. The molecule has 0 spiro atoms. The van der Waals surface area contributed by atoms with E-state index in [0.29, 0.717) is 17.1 Å². The third kappa shape index (κ3) is 4.58. The normalized spacial score (nSPS) is 18.2. The number of carbonyl (C=O) groups is 1. The summed E-state index contributed by atoms with van der Waals surface area (Å²) in [5.41, 5.74) is 1.58. The number of methoxy groups -OCH3 is 2. The van der Waals surface area contributed by atoms with Crippen LogP contribution in [0.25, 0.3) is 0 Å². The van der Waals surface area contributed by atoms with Crippen LogP contribution in [0.2, 0.25) is 0 Å². The van der Waals surface area contributed by atoms with Crippen LogP contribution in [0, 0.1) is 6.92 Å². The Morgan fingerprint density at radius 2 is 1.63 bits per heavy atom. The summed E-state index contributed by atoms with van der Waals surface area (Å²) in [5.74, 6) is 0.685. The molecule has 1 atom stereocenters. The molecular formula is C21H26N2O6S. The van der Waals surface area contributed by atoms with Crippen LogP contribution in [0.15, 0.2) is 47.4 Å². The fourth-order valence-corrected chi connectivity index (χ4v) is 4.86. The second-order valence-corrected chi connectivity index (χ2v) is 9.12. The molecule has 0 radical (unpaired) electrons. The Morgan fingerprint density at radius 1 is 1.03 bits per heavy atom. The molecule has 0 aromatic heterocycles. The summed E-state index contributed by atoms with van der Waals surface area (Å²) in [4.78, 5) is 14.5. The molecule has 8 nitrogen and oxygen atoms in total. The van der Waals surface area contributed by atoms with Gasteiger partial charge in [-0.25, -0.2) is 8.42 Å². The van der Waals surface area contributed by atoms with Gasteiger partial charge in [-0.15, -0.1) is 0 Å². The highest BCUT2D eigenvalue weighted by atomic mass is 32.2. The Labute approximate surface area is 176 Å². The SMILES string of the molecule is COc1cccc(OC)c1CN1CC(O)CN(S(=O)(=O)c2ccc(C)cc2)CC1=O. The summed E-state index contributed by atoms with van der Waals surface area (Å²) in [6.45, 7) is 1.47. The summed E-state index contributed by atoms with van der Waals surface area (Å²) in [5, 5.41) is 10.5. The van der Waals surface area contributed by atoms with E-state index in [1.807, 2.05) is 6.92 Å². The van der Waals surface area contributed by atoms with Gasteiger partial charge in [-0.2, -0.15) is 4.31 Å². The number of rotatable bonds is 6. The third-order valence-electron chi connectivity index (χ3n) is 5.05. The summed E-state index contributed by atoms with van der Waals surface area (Å²) in [6, 6.07) is 11.7. The summed E-state index contributed by atoms with van der Waals surface area (Å²) in [6.07, 6.45) is -1.03. The number of nitrogens with zero attached hydrogens (tertiary/aromatic N) is 2. The first-order chi connectivity index (χ1) is 14.3. The van der Waals surface area contributed by atoms with Gasteiger partial charge in [0.25, 0.3) is 0 Å². The lowest BCUT2D eigenvalue weighted by Crippen LogP contribution is -2.39. The highest BCUT2D eigenvalue weighted by Crippen LogP contribution is 2.30. The highest BCUT2D eigenvalue weighted by molar-refractivity contribution is 7.89. The van der Waals surface area contributed by atoms with Gasteiger partial charge in [0, 0.05) is 13.1 Å². The maximum absolute atomic E-state index is 13.0. The van der Waals surface area contributed by atoms with E-state index >= 15 is 0 Å². The molecule has 1 fully saturated rings. The van der Waals surface area contributed by atoms with Gasteiger partial charge >= 0.3 is 0 Å². The number of hydrogen-bond donors (Lipinski definition) is 1. The molecule has 1 aliphatic heterocycles. The zero-order chi connectivity index (χ0) is 21.9. The number of β-amino-alcohol motifs (C(OH)–C–C–N with tert-alkyl or cyclic N) is 1. The molecule has 1 N–H and O–H groups in total. The molecule has 1 amide bonds. The molecule has 1 aliphatic rings. The van der Waals surface area contributed by atoms with Crippen molar-refractivity contribution in [1.82, 2.24) is 9.21 Å². The van der Waals surface area contributed by atoms with E-state index in [1.54, 1.807) is 30.3 Å². The van der Waals surface area contributed by atoms with Gasteiger partial charge in [-0.05, 0) is 31.2 Å². The van der Waals surface area contributed by atoms with E-state index in [-0.39, 0.29) is 31.1 Å². The van der Waals surface area contributed by atoms with Crippen LogP contribution in [-0.2, 0) is 21.4 Å². The lowest BCUT2D eigenvalue weighted by atomic mass is 10.1. The quantitative estimate of drug-likeness (QED) is 0.739. The molecule has 0 saturated carbocycles. The number of carbonyl (C=O) groups excluding carboxylic acids is 1. The first-order valence-corrected chi connectivity index (χ1v) is 10.9. The fraction of sp³-hybridized carbons (Fsp3) is 0.381. The van der Waals surface area contributed by atoms with Crippen molar-refractivity contribution < 1.29 is 27.8 Å². The first kappa shape index (κ1) is 22.1. The van der Waals surface area contributed by atoms with Crippen molar-refractivity contribution >= 4 is 15.9 Å². The Bertz CT molecular complexity index is 984. The molecule has 0 aliphatic carbocycles. The van der Waals surface area contributed by atoms with Crippen molar-refractivity contribution in [3.05, 3.63) is 53.6 Å². The lowest BCUT2D eigenvalue weighted by Gasteiger charge is -2.24. The molecule has 1 unspecified atom stereocenters. The molecule has 30 heavy (non-hydrogen) atoms. The number of ether oxygens (including phenoxy) is 2. The van der Waals surface area contributed by atoms with Crippen LogP contribution >= 0.6 is 0 Å². The van der Waals surface area contributed by atoms with Gasteiger partial charge in [0.1, 0.15) is 11.5 Å². The van der Waals surface area contributed by atoms with Gasteiger partial charge in [-0.1, -0.05) is 23.8 Å². The van der Waals surface area contributed by atoms with E-state index in [9.17, 15) is 18.3 Å². The maximum atomic E-state index is 13.0. The minimum atomic E-state index is -3.91. The molecular weight excluding hydrogens is 408 g/mol. The number of aliphatic hydroxyl groups is 1. The topological polar surface area (TPSA) is 96.4 Å². The highest BCUT2D eigenvalue weighted by Gasteiger charge is 2.34. The molecule has 3 rings (SSSR count). The molecule has 1 saturated heterocycles. The van der Waals surface area contributed by atoms with Crippen LogP contribution in [0.3, 0.4) is 0 Å². The van der Waals surface area contributed by atoms with Crippen molar-refractivity contribution in [2.45, 2.75) is 24.5 Å². The predicted octanol–water partition coefficient (Wildman–Crippen LogP) is 1.41. The van der Waals surface area contributed by atoms with Crippen LogP contribution in [-0.4, -0.2) is 68.6 Å². The van der Waals surface area contributed by atoms with Crippen LogP contribution < -0.4 is 9.47 Å². The Balaban J connectivity index is 1.86. The average Bonchev–Trinajstić information content (AvgIpc) is 2.86. The molecule has 9 heteroatoms. The summed E-state index contributed by atoms with van der Waals surface area (Å²) < 4.78 is 37.8. The van der Waals surface area contributed by atoms with Crippen molar-refractivity contribution in [2.75, 3.05) is 33.9 Å². The van der Waals surface area contributed by atoms with Crippen molar-refractivity contribution in [3.63, 3.8) is 0 Å². The molecule has 2 aromatic carbocycles. The zero-order valence-electron chi connectivity index (χ0n) is 17.2. The van der Waals surface area contributed by atoms with Gasteiger partial charge in [-0.3, -0.25) is 4.79 Å². The maximum Gasteiger partial charge on any atom is 0.243 e. The number of aliphatic hydroxyl groups excluding tert-OH is 1. The zero-order valence-corrected chi connectivity index (χ0v) is 18.1. The van der Waals surface area contributed by atoms with Crippen molar-refractivity contribution in [3.8, 4) is 11.5 Å². The van der Waals surface area contributed by atoms with Gasteiger partial charge in [0.2, 0.25) is 15.9 Å². The van der Waals surface area contributed by atoms with Crippen molar-refractivity contribution in [2.24, 2.45) is 0 Å². The van der Waals surface area contributed by atoms with Crippen molar-refractivity contribution in [1.29, 1.82) is 0 Å². The second-order valence-electron chi connectivity index (χ2n) is 7.18. The Morgan fingerprint density at radius 3 is 2.20 bits per heavy atom. The first-order valence-electron chi connectivity index (χ1n) is 9.48. The molecule has 162 valence electrons. The summed E-state index contributed by atoms with van der Waals surface area (Å²) >= 11 is 0. The Kier molecular flexibility index (Phi) is 6.64. The number of benzene rings is 2. The molecule has 1 heterocycles. The smallest absolute Gasteiger partial charge is 0.243 e. The van der Waals surface area contributed by atoms with Gasteiger partial charge in [0.15, 0.2) is 0 Å². The molecule has 2 aromatic rings. The fourth-order valence-electron chi connectivity index (χ4n) is 3.43. The molecule has 0 bridgehead atoms. The number of hydrogen-bond acceptors (Lipinski definition) is 6. The van der Waals surface area contributed by atoms with E-state index in [4.69, 9.17) is 9.47 Å². The van der Waals surface area contributed by atoms with E-state index in [2.05, 4.69) is 0 Å². The monoisotopic (exact) mass is 434 g/mol. The third-order valence-corrected chi connectivity index (χ3v) is 6.87. The predicted molar refractivity (Wildman–Crippen MR) is 111 cm³/mol. The second kappa shape index (κ2) is 9.03. The van der Waals surface area contributed by atoms with Crippen LogP contribution in [0.5, 0.6) is 11.5 Å². The summed E-state index contributed by atoms with van der Waals surface area (Å²) in [7, 11) is -0.871. The minimum absolute atomic E-state index is 0.0000456. The number of aryl methyl sites for hydroxylation is 1. The van der Waals surface area contributed by atoms with Gasteiger partial charge in [0.05, 0.1) is 43.9 Å². The van der Waals surface area contributed by atoms with Gasteiger partial charge < -0.3 is 19.5 Å². The van der Waals surface area contributed by atoms with E-state index in [1.165, 1.54) is 31.3 Å². The number of amides is 1.